The van der Waals surface area contributed by atoms with E-state index < -0.39 is 73.1 Å². The number of aliphatic carboxylic acids is 1. The summed E-state index contributed by atoms with van der Waals surface area (Å²) in [5, 5.41) is 14.4. The van der Waals surface area contributed by atoms with Gasteiger partial charge in [-0.05, 0) is 18.6 Å². The van der Waals surface area contributed by atoms with Gasteiger partial charge in [0.25, 0.3) is 0 Å². The predicted molar refractivity (Wildman–Crippen MR) is 127 cm³/mol. The quantitative estimate of drug-likeness (QED) is 0.164. The third kappa shape index (κ3) is 11.1. The summed E-state index contributed by atoms with van der Waals surface area (Å²) in [7, 11) is 0. The van der Waals surface area contributed by atoms with Crippen LogP contribution in [0.5, 0.6) is 0 Å². The summed E-state index contributed by atoms with van der Waals surface area (Å²) >= 11 is 5.21. The summed E-state index contributed by atoms with van der Waals surface area (Å²) in [4.78, 5) is 70.2. The number of carboxylic acid groups (broad SMARTS) is 1. The van der Waals surface area contributed by atoms with Gasteiger partial charge in [0.15, 0.2) is 29.7 Å². The molecule has 1 heterocycles. The zero-order chi connectivity index (χ0) is 28.3. The van der Waals surface area contributed by atoms with Gasteiger partial charge < -0.3 is 39.4 Å². The van der Waals surface area contributed by atoms with Crippen molar-refractivity contribution >= 4 is 53.0 Å². The number of carbonyl (C=O) groups is 6. The highest BCUT2D eigenvalue weighted by atomic mass is 32.1. The number of hydrogen-bond donors (Lipinski definition) is 3. The van der Waals surface area contributed by atoms with Crippen molar-refractivity contribution in [1.82, 2.24) is 10.6 Å². The molecule has 0 amide bonds. The van der Waals surface area contributed by atoms with Gasteiger partial charge in [0.1, 0.15) is 24.5 Å². The Kier molecular flexibility index (Phi) is 12.9. The van der Waals surface area contributed by atoms with E-state index in [4.69, 9.17) is 35.9 Å². The number of thiocarbonyl (C=S) groups is 1. The Morgan fingerprint density at radius 2 is 1.43 bits per heavy atom. The van der Waals surface area contributed by atoms with Crippen LogP contribution in [0.25, 0.3) is 0 Å². The topological polar surface area (TPSA) is 193 Å². The van der Waals surface area contributed by atoms with Crippen LogP contribution in [0.2, 0.25) is 0 Å². The average molecular weight is 549 g/mol. The maximum Gasteiger partial charge on any atom is 0.326 e. The van der Waals surface area contributed by atoms with E-state index in [0.717, 1.165) is 27.7 Å². The number of carbonyl (C=O) groups excluding carboxylic acids is 5. The predicted octanol–water partition coefficient (Wildman–Crippen LogP) is -0.254. The van der Waals surface area contributed by atoms with Crippen LogP contribution in [0.1, 0.15) is 53.9 Å². The number of hydrogen-bond acceptors (Lipinski definition) is 12. The van der Waals surface area contributed by atoms with Gasteiger partial charge in [-0.3, -0.25) is 24.0 Å². The Bertz CT molecular complexity index is 895. The number of ketones is 1. The summed E-state index contributed by atoms with van der Waals surface area (Å²) in [6.45, 7) is 5.60. The van der Waals surface area contributed by atoms with Gasteiger partial charge >= 0.3 is 29.8 Å². The van der Waals surface area contributed by atoms with Crippen LogP contribution in [0.4, 0.5) is 0 Å². The van der Waals surface area contributed by atoms with Crippen LogP contribution in [-0.4, -0.2) is 89.1 Å². The third-order valence-corrected chi connectivity index (χ3v) is 5.21. The molecule has 15 heteroatoms. The molecule has 14 nitrogen and oxygen atoms in total. The molecule has 1 rings (SSSR count). The highest BCUT2D eigenvalue weighted by Gasteiger charge is 2.52. The van der Waals surface area contributed by atoms with E-state index in [0.29, 0.717) is 0 Å². The maximum atomic E-state index is 11.9. The summed E-state index contributed by atoms with van der Waals surface area (Å²) in [5.74, 6) is -4.48. The SMILES string of the molecule is CCC(=O)CC[C@@H](NC(=S)N[C@@H]1O[C@H](COC(C)=O)[C@@H](OC(C)=O)[C@H](OC(C)=O)[C@H]1OC(C)=O)C(=O)O. The highest BCUT2D eigenvalue weighted by molar-refractivity contribution is 7.80. The zero-order valence-electron chi connectivity index (χ0n) is 21.1. The van der Waals surface area contributed by atoms with Crippen molar-refractivity contribution in [2.75, 3.05) is 6.61 Å². The zero-order valence-corrected chi connectivity index (χ0v) is 22.0. The monoisotopic (exact) mass is 548 g/mol. The van der Waals surface area contributed by atoms with E-state index in [1.807, 2.05) is 0 Å². The molecule has 0 aliphatic carbocycles. The highest BCUT2D eigenvalue weighted by Crippen LogP contribution is 2.28. The van der Waals surface area contributed by atoms with E-state index in [9.17, 15) is 33.9 Å². The van der Waals surface area contributed by atoms with Crippen LogP contribution in [0, 0.1) is 0 Å². The van der Waals surface area contributed by atoms with Gasteiger partial charge in [-0.2, -0.15) is 0 Å². The molecule has 0 spiro atoms. The summed E-state index contributed by atoms with van der Waals surface area (Å²) in [6.07, 6.45) is -6.57. The Labute approximate surface area is 218 Å². The minimum Gasteiger partial charge on any atom is -0.480 e. The molecule has 1 fully saturated rings. The Balaban J connectivity index is 3.26. The number of carboxylic acids is 1. The molecule has 0 saturated carbocycles. The van der Waals surface area contributed by atoms with Crippen molar-refractivity contribution in [3.05, 3.63) is 0 Å². The number of esters is 4. The fourth-order valence-corrected chi connectivity index (χ4v) is 3.67. The minimum atomic E-state index is -1.43. The molecule has 6 atom stereocenters. The standard InChI is InChI=1S/C22H32N2O12S/c1-6-14(29)7-8-15(21(30)31)23-22(37)24-20-19(35-13(5)28)18(34-12(4)27)17(33-11(3)26)16(36-20)9-32-10(2)25/h15-20H,6-9H2,1-5H3,(H,30,31)(H2,23,24,37)/t15-,16-,17-,18+,19-,20-/m1/s1. The molecule has 0 aromatic carbocycles. The number of ether oxygens (including phenoxy) is 5. The molecule has 0 aromatic heterocycles. The smallest absolute Gasteiger partial charge is 0.326 e. The third-order valence-electron chi connectivity index (χ3n) is 4.97. The first-order chi connectivity index (χ1) is 17.2. The number of Topliss-reactive ketones (excluding diaryl/α,β-unsaturated/α-hetero) is 1. The summed E-state index contributed by atoms with van der Waals surface area (Å²) in [6, 6.07) is -1.24. The fraction of sp³-hybridized carbons (Fsp3) is 0.682. The van der Waals surface area contributed by atoms with Crippen molar-refractivity contribution in [2.45, 2.75) is 90.6 Å². The Morgan fingerprint density at radius 3 is 1.92 bits per heavy atom. The number of rotatable bonds is 12. The second kappa shape index (κ2) is 15.0. The second-order valence-corrected chi connectivity index (χ2v) is 8.47. The van der Waals surface area contributed by atoms with Gasteiger partial charge in [-0.25, -0.2) is 4.79 Å². The molecule has 1 saturated heterocycles. The molecular weight excluding hydrogens is 516 g/mol. The average Bonchev–Trinajstić information content (AvgIpc) is 2.77. The van der Waals surface area contributed by atoms with Crippen LogP contribution in [-0.2, 0) is 52.5 Å². The summed E-state index contributed by atoms with van der Waals surface area (Å²) in [5.41, 5.74) is 0. The first kappa shape index (κ1) is 31.7. The van der Waals surface area contributed by atoms with Gasteiger partial charge in [0, 0.05) is 40.5 Å². The van der Waals surface area contributed by atoms with Crippen LogP contribution in [0.3, 0.4) is 0 Å². The number of nitrogens with one attached hydrogen (secondary N) is 2. The normalized spacial score (nSPS) is 23.5. The molecule has 1 aliphatic rings. The van der Waals surface area contributed by atoms with Crippen molar-refractivity contribution < 1.29 is 57.6 Å². The largest absolute Gasteiger partial charge is 0.480 e. The van der Waals surface area contributed by atoms with Crippen LogP contribution in [0.15, 0.2) is 0 Å². The van der Waals surface area contributed by atoms with Gasteiger partial charge in [0.05, 0.1) is 0 Å². The van der Waals surface area contributed by atoms with E-state index in [1.165, 1.54) is 0 Å². The molecule has 1 aliphatic heterocycles. The first-order valence-electron chi connectivity index (χ1n) is 11.4. The van der Waals surface area contributed by atoms with Crippen molar-refractivity contribution in [3.8, 4) is 0 Å². The lowest BCUT2D eigenvalue weighted by atomic mass is 9.97. The Morgan fingerprint density at radius 1 is 0.892 bits per heavy atom. The van der Waals surface area contributed by atoms with Gasteiger partial charge in [0.2, 0.25) is 0 Å². The lowest BCUT2D eigenvalue weighted by Crippen LogP contribution is -2.67. The van der Waals surface area contributed by atoms with E-state index in [2.05, 4.69) is 10.6 Å². The van der Waals surface area contributed by atoms with E-state index in [1.54, 1.807) is 6.92 Å². The lowest BCUT2D eigenvalue weighted by Gasteiger charge is -2.44. The van der Waals surface area contributed by atoms with E-state index >= 15 is 0 Å². The first-order valence-corrected chi connectivity index (χ1v) is 11.8. The molecule has 0 radical (unpaired) electrons. The second-order valence-electron chi connectivity index (χ2n) is 8.06. The van der Waals surface area contributed by atoms with E-state index in [-0.39, 0.29) is 30.2 Å². The van der Waals surface area contributed by atoms with Crippen LogP contribution < -0.4 is 10.6 Å². The minimum absolute atomic E-state index is 0.00211. The molecule has 3 N–H and O–H groups in total. The molecule has 37 heavy (non-hydrogen) atoms. The molecule has 0 unspecified atom stereocenters. The summed E-state index contributed by atoms with van der Waals surface area (Å²) < 4.78 is 26.7. The van der Waals surface area contributed by atoms with Crippen molar-refractivity contribution in [1.29, 1.82) is 0 Å². The lowest BCUT2D eigenvalue weighted by molar-refractivity contribution is -0.254. The van der Waals surface area contributed by atoms with Crippen molar-refractivity contribution in [3.63, 3.8) is 0 Å². The maximum absolute atomic E-state index is 11.9. The molecule has 208 valence electrons. The van der Waals surface area contributed by atoms with Crippen molar-refractivity contribution in [2.24, 2.45) is 0 Å². The van der Waals surface area contributed by atoms with Gasteiger partial charge in [-0.15, -0.1) is 0 Å². The van der Waals surface area contributed by atoms with Gasteiger partial charge in [-0.1, -0.05) is 6.92 Å². The fourth-order valence-electron chi connectivity index (χ4n) is 3.41. The molecule has 0 aromatic rings. The van der Waals surface area contributed by atoms with Crippen LogP contribution >= 0.6 is 12.2 Å². The Hall–Kier alpha value is -3.33. The molecular formula is C22H32N2O12S. The molecule has 0 bridgehead atoms.